The quantitative estimate of drug-likeness (QED) is 0.669. The number of nitrogens with two attached hydrogens (primary N) is 1. The molecule has 0 aliphatic carbocycles. The monoisotopic (exact) mass is 244 g/mol. The Labute approximate surface area is 95.2 Å². The largest absolute Gasteiger partial charge is 0.381 e. The SMILES string of the molecule is NC(=O)C(O)CNC(=O)c1cc(F)cc(F)c1. The molecule has 1 aromatic rings. The van der Waals surface area contributed by atoms with Crippen molar-refractivity contribution >= 4 is 11.8 Å². The van der Waals surface area contributed by atoms with Crippen molar-refractivity contribution in [3.8, 4) is 0 Å². The summed E-state index contributed by atoms with van der Waals surface area (Å²) < 4.78 is 25.5. The second kappa shape index (κ2) is 5.35. The van der Waals surface area contributed by atoms with Gasteiger partial charge in [-0.1, -0.05) is 0 Å². The maximum Gasteiger partial charge on any atom is 0.251 e. The molecule has 7 heteroatoms. The summed E-state index contributed by atoms with van der Waals surface area (Å²) in [6, 6.07) is 2.28. The van der Waals surface area contributed by atoms with E-state index in [-0.39, 0.29) is 5.56 Å². The Kier molecular flexibility index (Phi) is 4.11. The highest BCUT2D eigenvalue weighted by Crippen LogP contribution is 2.07. The lowest BCUT2D eigenvalue weighted by Gasteiger charge is -2.08. The van der Waals surface area contributed by atoms with E-state index >= 15 is 0 Å². The second-order valence-corrected chi connectivity index (χ2v) is 3.29. The summed E-state index contributed by atoms with van der Waals surface area (Å²) >= 11 is 0. The normalized spacial score (nSPS) is 11.9. The van der Waals surface area contributed by atoms with Crippen LogP contribution in [0.25, 0.3) is 0 Å². The second-order valence-electron chi connectivity index (χ2n) is 3.29. The predicted octanol–water partition coefficient (Wildman–Crippen LogP) is -0.459. The first-order valence-electron chi connectivity index (χ1n) is 4.62. The Morgan fingerprint density at radius 1 is 1.29 bits per heavy atom. The van der Waals surface area contributed by atoms with Crippen molar-refractivity contribution in [2.75, 3.05) is 6.54 Å². The molecule has 1 unspecified atom stereocenters. The first kappa shape index (κ1) is 13.0. The molecule has 0 spiro atoms. The van der Waals surface area contributed by atoms with E-state index in [0.717, 1.165) is 12.1 Å². The number of aliphatic hydroxyl groups is 1. The van der Waals surface area contributed by atoms with Gasteiger partial charge in [-0.2, -0.15) is 0 Å². The molecule has 1 aromatic carbocycles. The van der Waals surface area contributed by atoms with Crippen LogP contribution in [0.4, 0.5) is 8.78 Å². The maximum atomic E-state index is 12.8. The molecule has 0 radical (unpaired) electrons. The fourth-order valence-corrected chi connectivity index (χ4v) is 1.08. The van der Waals surface area contributed by atoms with E-state index in [1.165, 1.54) is 0 Å². The third-order valence-corrected chi connectivity index (χ3v) is 1.91. The topological polar surface area (TPSA) is 92.4 Å². The molecular weight excluding hydrogens is 234 g/mol. The molecule has 92 valence electrons. The van der Waals surface area contributed by atoms with Gasteiger partial charge in [-0.05, 0) is 12.1 Å². The third kappa shape index (κ3) is 3.80. The molecule has 0 saturated carbocycles. The van der Waals surface area contributed by atoms with E-state index in [0.29, 0.717) is 6.07 Å². The minimum atomic E-state index is -1.54. The summed E-state index contributed by atoms with van der Waals surface area (Å²) in [5, 5.41) is 11.1. The van der Waals surface area contributed by atoms with Crippen LogP contribution >= 0.6 is 0 Å². The van der Waals surface area contributed by atoms with Crippen molar-refractivity contribution in [3.63, 3.8) is 0 Å². The average Bonchev–Trinajstić information content (AvgIpc) is 2.23. The number of hydrogen-bond donors (Lipinski definition) is 3. The minimum absolute atomic E-state index is 0.251. The van der Waals surface area contributed by atoms with Crippen molar-refractivity contribution in [1.29, 1.82) is 0 Å². The molecule has 0 fully saturated rings. The molecule has 0 bridgehead atoms. The Bertz CT molecular complexity index is 431. The Balaban J connectivity index is 2.67. The van der Waals surface area contributed by atoms with Gasteiger partial charge >= 0.3 is 0 Å². The lowest BCUT2D eigenvalue weighted by Crippen LogP contribution is -2.40. The third-order valence-electron chi connectivity index (χ3n) is 1.91. The van der Waals surface area contributed by atoms with Gasteiger partial charge in [0.1, 0.15) is 17.7 Å². The number of primary amides is 1. The molecule has 4 N–H and O–H groups in total. The lowest BCUT2D eigenvalue weighted by molar-refractivity contribution is -0.125. The molecule has 5 nitrogen and oxygen atoms in total. The highest BCUT2D eigenvalue weighted by atomic mass is 19.1. The molecule has 0 aliphatic rings. The van der Waals surface area contributed by atoms with Gasteiger partial charge in [-0.3, -0.25) is 9.59 Å². The fourth-order valence-electron chi connectivity index (χ4n) is 1.08. The van der Waals surface area contributed by atoms with E-state index in [1.54, 1.807) is 0 Å². The molecule has 0 aliphatic heterocycles. The van der Waals surface area contributed by atoms with Crippen molar-refractivity contribution in [2.45, 2.75) is 6.10 Å². The molecule has 17 heavy (non-hydrogen) atoms. The summed E-state index contributed by atoms with van der Waals surface area (Å²) in [7, 11) is 0. The molecular formula is C10H10F2N2O3. The van der Waals surface area contributed by atoms with Gasteiger partial charge in [0.2, 0.25) is 5.91 Å². The van der Waals surface area contributed by atoms with E-state index in [4.69, 9.17) is 10.8 Å². The first-order valence-corrected chi connectivity index (χ1v) is 4.62. The van der Waals surface area contributed by atoms with Crippen molar-refractivity contribution in [1.82, 2.24) is 5.32 Å². The number of aliphatic hydroxyl groups excluding tert-OH is 1. The number of carbonyl (C=O) groups excluding carboxylic acids is 2. The molecule has 2 amide bonds. The number of hydrogen-bond acceptors (Lipinski definition) is 3. The zero-order valence-corrected chi connectivity index (χ0v) is 8.61. The van der Waals surface area contributed by atoms with Crippen LogP contribution in [0.2, 0.25) is 0 Å². The van der Waals surface area contributed by atoms with Crippen molar-refractivity contribution in [2.24, 2.45) is 5.73 Å². The molecule has 0 aromatic heterocycles. The fraction of sp³-hybridized carbons (Fsp3) is 0.200. The van der Waals surface area contributed by atoms with Crippen LogP contribution in [-0.2, 0) is 4.79 Å². The average molecular weight is 244 g/mol. The van der Waals surface area contributed by atoms with Crippen LogP contribution < -0.4 is 11.1 Å². The summed E-state index contributed by atoms with van der Waals surface area (Å²) in [5.41, 5.74) is 4.50. The zero-order valence-electron chi connectivity index (χ0n) is 8.61. The van der Waals surface area contributed by atoms with Crippen LogP contribution in [0.1, 0.15) is 10.4 Å². The number of benzene rings is 1. The number of rotatable bonds is 4. The summed E-state index contributed by atoms with van der Waals surface area (Å²) in [6.07, 6.45) is -1.54. The Morgan fingerprint density at radius 3 is 2.29 bits per heavy atom. The molecule has 1 rings (SSSR count). The smallest absolute Gasteiger partial charge is 0.251 e. The van der Waals surface area contributed by atoms with Gasteiger partial charge < -0.3 is 16.2 Å². The summed E-state index contributed by atoms with van der Waals surface area (Å²) in [6.45, 7) is -0.424. The van der Waals surface area contributed by atoms with Gasteiger partial charge in [0.15, 0.2) is 0 Å². The molecule has 0 heterocycles. The highest BCUT2D eigenvalue weighted by molar-refractivity contribution is 5.94. The number of amides is 2. The number of nitrogens with one attached hydrogen (secondary N) is 1. The van der Waals surface area contributed by atoms with Gasteiger partial charge in [0.25, 0.3) is 5.91 Å². The van der Waals surface area contributed by atoms with E-state index < -0.39 is 36.1 Å². The number of carbonyl (C=O) groups is 2. The number of halogens is 2. The standard InChI is InChI=1S/C10H10F2N2O3/c11-6-1-5(2-7(12)3-6)10(17)14-4-8(15)9(13)16/h1-3,8,15H,4H2,(H2,13,16)(H,14,17). The predicted molar refractivity (Wildman–Crippen MR) is 53.9 cm³/mol. The molecule has 1 atom stereocenters. The Hall–Kier alpha value is -2.02. The van der Waals surface area contributed by atoms with Crippen LogP contribution in [0.5, 0.6) is 0 Å². The van der Waals surface area contributed by atoms with Crippen LogP contribution in [0, 0.1) is 11.6 Å². The van der Waals surface area contributed by atoms with Crippen molar-refractivity contribution in [3.05, 3.63) is 35.4 Å². The van der Waals surface area contributed by atoms with E-state index in [1.807, 2.05) is 0 Å². The zero-order chi connectivity index (χ0) is 13.0. The van der Waals surface area contributed by atoms with Crippen molar-refractivity contribution < 1.29 is 23.5 Å². The minimum Gasteiger partial charge on any atom is -0.381 e. The summed E-state index contributed by atoms with van der Waals surface area (Å²) in [4.78, 5) is 21.8. The maximum absolute atomic E-state index is 12.8. The van der Waals surface area contributed by atoms with Gasteiger partial charge in [0.05, 0.1) is 6.54 Å². The molecule has 0 saturated heterocycles. The van der Waals surface area contributed by atoms with E-state index in [2.05, 4.69) is 5.32 Å². The van der Waals surface area contributed by atoms with Crippen LogP contribution in [-0.4, -0.2) is 29.6 Å². The van der Waals surface area contributed by atoms with Gasteiger partial charge in [0, 0.05) is 11.6 Å². The Morgan fingerprint density at radius 2 is 1.82 bits per heavy atom. The van der Waals surface area contributed by atoms with Gasteiger partial charge in [-0.15, -0.1) is 0 Å². The first-order chi connectivity index (χ1) is 7.90. The van der Waals surface area contributed by atoms with Crippen LogP contribution in [0.15, 0.2) is 18.2 Å². The summed E-state index contributed by atoms with van der Waals surface area (Å²) in [5.74, 6) is -3.62. The lowest BCUT2D eigenvalue weighted by atomic mass is 10.2. The highest BCUT2D eigenvalue weighted by Gasteiger charge is 2.14. The van der Waals surface area contributed by atoms with Crippen LogP contribution in [0.3, 0.4) is 0 Å². The van der Waals surface area contributed by atoms with E-state index in [9.17, 15) is 18.4 Å². The van der Waals surface area contributed by atoms with Gasteiger partial charge in [-0.25, -0.2) is 8.78 Å².